The first-order chi connectivity index (χ1) is 9.56. The second-order valence-electron chi connectivity index (χ2n) is 4.35. The Morgan fingerprint density at radius 2 is 2.35 bits per heavy atom. The smallest absolute Gasteiger partial charge is 0.327 e. The van der Waals surface area contributed by atoms with Crippen LogP contribution in [0.5, 0.6) is 0 Å². The third-order valence-corrected chi connectivity index (χ3v) is 3.47. The Labute approximate surface area is 119 Å². The number of aliphatic hydroxyl groups is 1. The van der Waals surface area contributed by atoms with Gasteiger partial charge in [-0.3, -0.25) is 4.79 Å². The lowest BCUT2D eigenvalue weighted by Gasteiger charge is -2.35. The Hall–Kier alpha value is -1.64. The van der Waals surface area contributed by atoms with Crippen LogP contribution in [0, 0.1) is 0 Å². The van der Waals surface area contributed by atoms with Gasteiger partial charge in [0.2, 0.25) is 0 Å². The third-order valence-electron chi connectivity index (χ3n) is 3.12. The Balaban J connectivity index is 2.39. The number of hydrogen-bond donors (Lipinski definition) is 3. The summed E-state index contributed by atoms with van der Waals surface area (Å²) in [4.78, 5) is 24.8. The molecule has 1 saturated heterocycles. The Bertz CT molecular complexity index is 562. The van der Waals surface area contributed by atoms with Gasteiger partial charge in [0, 0.05) is 19.6 Å². The van der Waals surface area contributed by atoms with Crippen LogP contribution in [0.4, 0.5) is 5.69 Å². The van der Waals surface area contributed by atoms with E-state index in [0.29, 0.717) is 18.8 Å². The molecule has 1 fully saturated rings. The van der Waals surface area contributed by atoms with Crippen molar-refractivity contribution < 1.29 is 15.0 Å². The number of nitrogens with one attached hydrogen (secondary N) is 1. The maximum Gasteiger partial charge on any atom is 0.327 e. The van der Waals surface area contributed by atoms with Gasteiger partial charge in [0.1, 0.15) is 11.1 Å². The minimum absolute atomic E-state index is 0.0444. The van der Waals surface area contributed by atoms with Crippen LogP contribution in [-0.4, -0.2) is 58.2 Å². The van der Waals surface area contributed by atoms with Crippen molar-refractivity contribution in [3.05, 3.63) is 21.6 Å². The lowest BCUT2D eigenvalue weighted by molar-refractivity contribution is -0.138. The van der Waals surface area contributed by atoms with Crippen LogP contribution in [0.2, 0.25) is 5.02 Å². The summed E-state index contributed by atoms with van der Waals surface area (Å²) in [6.07, 6.45) is 1.36. The fourth-order valence-electron chi connectivity index (χ4n) is 2.12. The average molecular weight is 303 g/mol. The average Bonchev–Trinajstić information content (AvgIpc) is 2.44. The van der Waals surface area contributed by atoms with Crippen LogP contribution in [0.1, 0.15) is 0 Å². The summed E-state index contributed by atoms with van der Waals surface area (Å²) in [5, 5.41) is 24.8. The van der Waals surface area contributed by atoms with Gasteiger partial charge in [0.05, 0.1) is 25.0 Å². The number of carbonyl (C=O) groups is 1. The number of anilines is 1. The molecule has 1 aliphatic rings. The molecule has 2 rings (SSSR count). The minimum Gasteiger partial charge on any atom is -0.480 e. The molecule has 1 aromatic heterocycles. The van der Waals surface area contributed by atoms with Crippen molar-refractivity contribution in [3.63, 3.8) is 0 Å². The minimum atomic E-state index is -0.993. The molecule has 0 aliphatic carbocycles. The molecule has 0 bridgehead atoms. The molecule has 0 saturated carbocycles. The van der Waals surface area contributed by atoms with Crippen molar-refractivity contribution in [1.82, 2.24) is 15.1 Å². The molecule has 8 nitrogen and oxygen atoms in total. The first kappa shape index (κ1) is 14.8. The Morgan fingerprint density at radius 3 is 3.00 bits per heavy atom. The molecular formula is C11H15ClN4O4. The van der Waals surface area contributed by atoms with Gasteiger partial charge in [0.25, 0.3) is 5.56 Å². The van der Waals surface area contributed by atoms with E-state index in [9.17, 15) is 14.7 Å². The fraction of sp³-hybridized carbons (Fsp3) is 0.545. The van der Waals surface area contributed by atoms with E-state index in [0.717, 1.165) is 4.68 Å². The fourth-order valence-corrected chi connectivity index (χ4v) is 2.38. The highest BCUT2D eigenvalue weighted by Crippen LogP contribution is 2.24. The molecule has 110 valence electrons. The number of aliphatic hydroxyl groups excluding tert-OH is 1. The van der Waals surface area contributed by atoms with Crippen molar-refractivity contribution >= 4 is 23.3 Å². The number of carboxylic acids is 1. The lowest BCUT2D eigenvalue weighted by atomic mass is 10.2. The molecular weight excluding hydrogens is 288 g/mol. The highest BCUT2D eigenvalue weighted by Gasteiger charge is 2.30. The number of hydrogen-bond acceptors (Lipinski definition) is 6. The van der Waals surface area contributed by atoms with Gasteiger partial charge in [-0.15, -0.1) is 0 Å². The number of carboxylic acid groups (broad SMARTS) is 1. The van der Waals surface area contributed by atoms with Gasteiger partial charge in [0.15, 0.2) is 0 Å². The summed E-state index contributed by atoms with van der Waals surface area (Å²) in [5.74, 6) is -0.993. The van der Waals surface area contributed by atoms with Crippen LogP contribution < -0.4 is 15.8 Å². The van der Waals surface area contributed by atoms with Crippen molar-refractivity contribution in [2.24, 2.45) is 0 Å². The van der Waals surface area contributed by atoms with Gasteiger partial charge in [-0.1, -0.05) is 11.6 Å². The van der Waals surface area contributed by atoms with Crippen LogP contribution >= 0.6 is 11.6 Å². The van der Waals surface area contributed by atoms with Gasteiger partial charge in [-0.25, -0.2) is 9.48 Å². The van der Waals surface area contributed by atoms with E-state index in [2.05, 4.69) is 10.4 Å². The number of aromatic nitrogens is 2. The monoisotopic (exact) mass is 302 g/mol. The predicted molar refractivity (Wildman–Crippen MR) is 72.2 cm³/mol. The standard InChI is InChI=1S/C11H15ClN4O4/c12-9-7(6-14-16(3-4-17)10(9)18)15-2-1-13-5-8(15)11(19)20/h6,8,13,17H,1-5H2,(H,19,20). The number of aliphatic carboxylic acids is 1. The number of rotatable bonds is 4. The van der Waals surface area contributed by atoms with Crippen molar-refractivity contribution in [2.45, 2.75) is 12.6 Å². The summed E-state index contributed by atoms with van der Waals surface area (Å²) < 4.78 is 1.05. The van der Waals surface area contributed by atoms with Crippen molar-refractivity contribution in [2.75, 3.05) is 31.1 Å². The third kappa shape index (κ3) is 2.77. The van der Waals surface area contributed by atoms with E-state index in [1.807, 2.05) is 0 Å². The lowest BCUT2D eigenvalue weighted by Crippen LogP contribution is -2.55. The number of halogens is 1. The SMILES string of the molecule is O=C(O)C1CNCCN1c1cnn(CCO)c(=O)c1Cl. The molecule has 0 amide bonds. The highest BCUT2D eigenvalue weighted by molar-refractivity contribution is 6.33. The Morgan fingerprint density at radius 1 is 1.60 bits per heavy atom. The summed E-state index contributed by atoms with van der Waals surface area (Å²) in [5.41, 5.74) is -0.236. The molecule has 1 aromatic rings. The summed E-state index contributed by atoms with van der Waals surface area (Å²) in [6.45, 7) is 1.10. The second-order valence-corrected chi connectivity index (χ2v) is 4.73. The molecule has 0 radical (unpaired) electrons. The van der Waals surface area contributed by atoms with Gasteiger partial charge in [-0.2, -0.15) is 5.10 Å². The quantitative estimate of drug-likeness (QED) is 0.638. The molecule has 20 heavy (non-hydrogen) atoms. The molecule has 1 aliphatic heterocycles. The van der Waals surface area contributed by atoms with Gasteiger partial charge >= 0.3 is 5.97 Å². The summed E-state index contributed by atoms with van der Waals surface area (Å²) in [7, 11) is 0. The van der Waals surface area contributed by atoms with Crippen LogP contribution in [0.25, 0.3) is 0 Å². The van der Waals surface area contributed by atoms with E-state index >= 15 is 0 Å². The molecule has 1 atom stereocenters. The topological polar surface area (TPSA) is 108 Å². The van der Waals surface area contributed by atoms with Crippen LogP contribution in [0.3, 0.4) is 0 Å². The normalized spacial score (nSPS) is 19.1. The number of nitrogens with zero attached hydrogens (tertiary/aromatic N) is 3. The molecule has 3 N–H and O–H groups in total. The van der Waals surface area contributed by atoms with Crippen molar-refractivity contribution in [1.29, 1.82) is 0 Å². The molecule has 1 unspecified atom stereocenters. The highest BCUT2D eigenvalue weighted by atomic mass is 35.5. The Kier molecular flexibility index (Phi) is 4.58. The zero-order chi connectivity index (χ0) is 14.7. The molecule has 0 spiro atoms. The largest absolute Gasteiger partial charge is 0.480 e. The zero-order valence-corrected chi connectivity index (χ0v) is 11.4. The predicted octanol–water partition coefficient (Wildman–Crippen LogP) is -1.25. The molecule has 2 heterocycles. The maximum atomic E-state index is 12.0. The molecule has 9 heteroatoms. The van der Waals surface area contributed by atoms with E-state index in [1.54, 1.807) is 4.90 Å². The first-order valence-corrected chi connectivity index (χ1v) is 6.50. The first-order valence-electron chi connectivity index (χ1n) is 6.13. The summed E-state index contributed by atoms with van der Waals surface area (Å²) in [6, 6.07) is -0.795. The summed E-state index contributed by atoms with van der Waals surface area (Å²) >= 11 is 6.03. The van der Waals surface area contributed by atoms with E-state index in [1.165, 1.54) is 6.20 Å². The van der Waals surface area contributed by atoms with Gasteiger partial charge in [-0.05, 0) is 0 Å². The maximum absolute atomic E-state index is 12.0. The number of piperazine rings is 1. The van der Waals surface area contributed by atoms with E-state index < -0.39 is 17.6 Å². The van der Waals surface area contributed by atoms with E-state index in [4.69, 9.17) is 16.7 Å². The van der Waals surface area contributed by atoms with E-state index in [-0.39, 0.29) is 24.7 Å². The molecule has 0 aromatic carbocycles. The zero-order valence-electron chi connectivity index (χ0n) is 10.6. The van der Waals surface area contributed by atoms with Gasteiger partial charge < -0.3 is 20.4 Å². The second kappa shape index (κ2) is 6.21. The van der Waals surface area contributed by atoms with Crippen LogP contribution in [-0.2, 0) is 11.3 Å². The van der Waals surface area contributed by atoms with Crippen molar-refractivity contribution in [3.8, 4) is 0 Å². The van der Waals surface area contributed by atoms with Crippen LogP contribution in [0.15, 0.2) is 11.0 Å².